The molecule has 6 heteroatoms. The molecule has 1 aliphatic rings. The minimum Gasteiger partial charge on any atom is -0.378 e. The quantitative estimate of drug-likeness (QED) is 0.870. The summed E-state index contributed by atoms with van der Waals surface area (Å²) in [5.74, 6) is 0.486. The second-order valence-electron chi connectivity index (χ2n) is 4.52. The van der Waals surface area contributed by atoms with Crippen molar-refractivity contribution in [1.82, 2.24) is 10.3 Å². The summed E-state index contributed by atoms with van der Waals surface area (Å²) in [5, 5.41) is 5.93. The first-order chi connectivity index (χ1) is 9.13. The summed E-state index contributed by atoms with van der Waals surface area (Å²) in [6, 6.07) is 1.97. The first-order valence-electron chi connectivity index (χ1n) is 6.39. The van der Waals surface area contributed by atoms with Gasteiger partial charge in [0.1, 0.15) is 5.82 Å². The Morgan fingerprint density at radius 2 is 2.32 bits per heavy atom. The van der Waals surface area contributed by atoms with E-state index in [1.54, 1.807) is 19.3 Å². The second kappa shape index (κ2) is 6.34. The number of aromatic nitrogens is 1. The van der Waals surface area contributed by atoms with E-state index >= 15 is 0 Å². The molecule has 0 saturated heterocycles. The van der Waals surface area contributed by atoms with Gasteiger partial charge in [0.15, 0.2) is 0 Å². The number of hydrogen-bond acceptors (Lipinski definition) is 4. The van der Waals surface area contributed by atoms with Crippen LogP contribution >= 0.6 is 15.9 Å². The highest BCUT2D eigenvalue weighted by Gasteiger charge is 2.31. The number of nitrogens with zero attached hydrogens (tertiary/aromatic N) is 1. The van der Waals surface area contributed by atoms with E-state index in [4.69, 9.17) is 4.74 Å². The summed E-state index contributed by atoms with van der Waals surface area (Å²) in [5.41, 5.74) is 0.553. The van der Waals surface area contributed by atoms with Crippen molar-refractivity contribution in [3.05, 3.63) is 22.3 Å². The van der Waals surface area contributed by atoms with Crippen LogP contribution in [0.25, 0.3) is 0 Å². The van der Waals surface area contributed by atoms with Gasteiger partial charge in [0.25, 0.3) is 5.91 Å². The molecule has 0 radical (unpaired) electrons. The van der Waals surface area contributed by atoms with E-state index in [1.807, 2.05) is 6.92 Å². The molecule has 2 N–H and O–H groups in total. The van der Waals surface area contributed by atoms with Gasteiger partial charge in [0.05, 0.1) is 11.7 Å². The topological polar surface area (TPSA) is 63.2 Å². The van der Waals surface area contributed by atoms with E-state index in [9.17, 15) is 4.79 Å². The van der Waals surface area contributed by atoms with Crippen LogP contribution in [0.2, 0.25) is 0 Å². The summed E-state index contributed by atoms with van der Waals surface area (Å²) >= 11 is 3.33. The van der Waals surface area contributed by atoms with Crippen LogP contribution in [0.5, 0.6) is 0 Å². The predicted molar refractivity (Wildman–Crippen MR) is 77.4 cm³/mol. The predicted octanol–water partition coefficient (Wildman–Crippen LogP) is 2.18. The summed E-state index contributed by atoms with van der Waals surface area (Å²) < 4.78 is 6.27. The van der Waals surface area contributed by atoms with E-state index in [0.29, 0.717) is 17.5 Å². The Kier molecular flexibility index (Phi) is 4.76. The van der Waals surface area contributed by atoms with E-state index in [2.05, 4.69) is 31.5 Å². The molecule has 0 bridgehead atoms. The van der Waals surface area contributed by atoms with Crippen molar-refractivity contribution in [2.45, 2.75) is 31.9 Å². The van der Waals surface area contributed by atoms with Gasteiger partial charge in [-0.1, -0.05) is 0 Å². The third kappa shape index (κ3) is 3.45. The van der Waals surface area contributed by atoms with Crippen molar-refractivity contribution in [1.29, 1.82) is 0 Å². The molecule has 104 valence electrons. The number of anilines is 1. The lowest BCUT2D eigenvalue weighted by molar-refractivity contribution is -0.00862. The molecule has 0 aromatic carbocycles. The normalized spacial score (nSPS) is 21.6. The summed E-state index contributed by atoms with van der Waals surface area (Å²) in [6.07, 6.45) is 3.72. The molecule has 1 aromatic rings. The van der Waals surface area contributed by atoms with Crippen LogP contribution in [-0.2, 0) is 4.74 Å². The van der Waals surface area contributed by atoms with E-state index in [1.165, 1.54) is 0 Å². The Balaban J connectivity index is 1.95. The standard InChI is InChI=1S/C13H18BrN3O2/c1-3-19-10-5-9(6-10)17-13(18)11-4-8(14)7-16-12(11)15-2/h4,7,9-10H,3,5-6H2,1-2H3,(H,15,16)(H,17,18). The van der Waals surface area contributed by atoms with Gasteiger partial charge >= 0.3 is 0 Å². The highest BCUT2D eigenvalue weighted by Crippen LogP contribution is 2.24. The first-order valence-corrected chi connectivity index (χ1v) is 7.19. The number of pyridine rings is 1. The number of carbonyl (C=O) groups excluding carboxylic acids is 1. The fraction of sp³-hybridized carbons (Fsp3) is 0.538. The molecular formula is C13H18BrN3O2. The zero-order chi connectivity index (χ0) is 13.8. The molecule has 1 aliphatic carbocycles. The van der Waals surface area contributed by atoms with Crippen LogP contribution in [-0.4, -0.2) is 36.7 Å². The van der Waals surface area contributed by atoms with Crippen LogP contribution in [0.3, 0.4) is 0 Å². The molecule has 19 heavy (non-hydrogen) atoms. The second-order valence-corrected chi connectivity index (χ2v) is 5.43. The van der Waals surface area contributed by atoms with Gasteiger partial charge in [-0.05, 0) is 41.8 Å². The molecular weight excluding hydrogens is 310 g/mol. The Morgan fingerprint density at radius 3 is 2.95 bits per heavy atom. The van der Waals surface area contributed by atoms with Gasteiger partial charge in [-0.3, -0.25) is 4.79 Å². The average Bonchev–Trinajstić information content (AvgIpc) is 2.36. The summed E-state index contributed by atoms with van der Waals surface area (Å²) in [4.78, 5) is 16.4. The van der Waals surface area contributed by atoms with Crippen molar-refractivity contribution >= 4 is 27.7 Å². The van der Waals surface area contributed by atoms with Crippen LogP contribution < -0.4 is 10.6 Å². The van der Waals surface area contributed by atoms with Crippen LogP contribution in [0.15, 0.2) is 16.7 Å². The lowest BCUT2D eigenvalue weighted by atomic mass is 9.89. The fourth-order valence-electron chi connectivity index (χ4n) is 2.13. The van der Waals surface area contributed by atoms with Crippen molar-refractivity contribution in [2.24, 2.45) is 0 Å². The molecule has 0 aliphatic heterocycles. The molecule has 5 nitrogen and oxygen atoms in total. The zero-order valence-electron chi connectivity index (χ0n) is 11.1. The van der Waals surface area contributed by atoms with E-state index in [-0.39, 0.29) is 11.9 Å². The van der Waals surface area contributed by atoms with E-state index < -0.39 is 0 Å². The lowest BCUT2D eigenvalue weighted by Crippen LogP contribution is -2.47. The molecule has 1 aromatic heterocycles. The Hall–Kier alpha value is -1.14. The van der Waals surface area contributed by atoms with Crippen molar-refractivity contribution in [3.8, 4) is 0 Å². The molecule has 1 amide bonds. The maximum absolute atomic E-state index is 12.2. The number of halogens is 1. The van der Waals surface area contributed by atoms with Crippen molar-refractivity contribution < 1.29 is 9.53 Å². The largest absolute Gasteiger partial charge is 0.378 e. The number of amides is 1. The van der Waals surface area contributed by atoms with Crippen LogP contribution in [0.1, 0.15) is 30.1 Å². The molecule has 0 unspecified atom stereocenters. The van der Waals surface area contributed by atoms with Gasteiger partial charge in [0.2, 0.25) is 0 Å². The molecule has 1 heterocycles. The molecule has 0 atom stereocenters. The van der Waals surface area contributed by atoms with Crippen molar-refractivity contribution in [2.75, 3.05) is 19.0 Å². The average molecular weight is 328 g/mol. The number of rotatable bonds is 5. The van der Waals surface area contributed by atoms with Crippen LogP contribution in [0.4, 0.5) is 5.82 Å². The number of hydrogen-bond donors (Lipinski definition) is 2. The number of carbonyl (C=O) groups is 1. The fourth-order valence-corrected chi connectivity index (χ4v) is 2.46. The maximum Gasteiger partial charge on any atom is 0.255 e. The van der Waals surface area contributed by atoms with Gasteiger partial charge < -0.3 is 15.4 Å². The SMILES string of the molecule is CCOC1CC(NC(=O)c2cc(Br)cnc2NC)C1. The molecule has 0 spiro atoms. The summed E-state index contributed by atoms with van der Waals surface area (Å²) in [7, 11) is 1.75. The number of nitrogens with one attached hydrogen (secondary N) is 2. The molecule has 1 fully saturated rings. The van der Waals surface area contributed by atoms with Gasteiger partial charge in [-0.25, -0.2) is 4.98 Å². The Bertz CT molecular complexity index is 461. The minimum atomic E-state index is -0.0990. The smallest absolute Gasteiger partial charge is 0.255 e. The van der Waals surface area contributed by atoms with Gasteiger partial charge in [-0.15, -0.1) is 0 Å². The third-order valence-electron chi connectivity index (χ3n) is 3.17. The van der Waals surface area contributed by atoms with Crippen molar-refractivity contribution in [3.63, 3.8) is 0 Å². The number of ether oxygens (including phenoxy) is 1. The minimum absolute atomic E-state index is 0.0990. The van der Waals surface area contributed by atoms with Gasteiger partial charge in [-0.2, -0.15) is 0 Å². The van der Waals surface area contributed by atoms with Crippen LogP contribution in [0, 0.1) is 0 Å². The molecule has 2 rings (SSSR count). The zero-order valence-corrected chi connectivity index (χ0v) is 12.7. The monoisotopic (exact) mass is 327 g/mol. The maximum atomic E-state index is 12.2. The van der Waals surface area contributed by atoms with E-state index in [0.717, 1.165) is 23.9 Å². The third-order valence-corrected chi connectivity index (χ3v) is 3.60. The first kappa shape index (κ1) is 14.3. The Labute approximate surface area is 121 Å². The molecule has 1 saturated carbocycles. The lowest BCUT2D eigenvalue weighted by Gasteiger charge is -2.35. The highest BCUT2D eigenvalue weighted by molar-refractivity contribution is 9.10. The van der Waals surface area contributed by atoms with Gasteiger partial charge in [0, 0.05) is 30.4 Å². The Morgan fingerprint density at radius 1 is 1.58 bits per heavy atom. The highest BCUT2D eigenvalue weighted by atomic mass is 79.9. The summed E-state index contributed by atoms with van der Waals surface area (Å²) in [6.45, 7) is 2.71.